The molecular formula is C14H18N2O. The summed E-state index contributed by atoms with van der Waals surface area (Å²) in [6.45, 7) is 3.38. The van der Waals surface area contributed by atoms with Crippen LogP contribution in [0.3, 0.4) is 0 Å². The van der Waals surface area contributed by atoms with Gasteiger partial charge in [-0.3, -0.25) is 4.98 Å². The molecule has 1 unspecified atom stereocenters. The number of aliphatic hydroxyl groups excluding tert-OH is 1. The van der Waals surface area contributed by atoms with Crippen LogP contribution in [0.1, 0.15) is 18.9 Å². The summed E-state index contributed by atoms with van der Waals surface area (Å²) in [7, 11) is 0. The Morgan fingerprint density at radius 1 is 1.29 bits per heavy atom. The Morgan fingerprint density at radius 2 is 2.12 bits per heavy atom. The number of pyridine rings is 1. The fourth-order valence-corrected chi connectivity index (χ4v) is 1.83. The first-order valence-electron chi connectivity index (χ1n) is 6.02. The molecule has 0 saturated carbocycles. The lowest BCUT2D eigenvalue weighted by Crippen LogP contribution is -2.25. The van der Waals surface area contributed by atoms with Gasteiger partial charge in [-0.05, 0) is 24.1 Å². The highest BCUT2D eigenvalue weighted by molar-refractivity contribution is 5.81. The lowest BCUT2D eigenvalue weighted by molar-refractivity contribution is 0.167. The van der Waals surface area contributed by atoms with Crippen LogP contribution in [-0.2, 0) is 6.54 Å². The van der Waals surface area contributed by atoms with Gasteiger partial charge >= 0.3 is 0 Å². The molecule has 1 aromatic carbocycles. The van der Waals surface area contributed by atoms with Crippen LogP contribution in [-0.4, -0.2) is 22.7 Å². The lowest BCUT2D eigenvalue weighted by Gasteiger charge is -2.10. The Labute approximate surface area is 102 Å². The van der Waals surface area contributed by atoms with Gasteiger partial charge in [0.05, 0.1) is 11.6 Å². The number of fused-ring (bicyclic) bond motifs is 1. The average Bonchev–Trinajstić information content (AvgIpc) is 2.39. The zero-order valence-corrected chi connectivity index (χ0v) is 10.1. The Kier molecular flexibility index (Phi) is 4.07. The molecule has 0 radical (unpaired) electrons. The van der Waals surface area contributed by atoms with Gasteiger partial charge in [-0.2, -0.15) is 0 Å². The first-order valence-corrected chi connectivity index (χ1v) is 6.02. The molecule has 0 aliphatic heterocycles. The highest BCUT2D eigenvalue weighted by atomic mass is 16.3. The summed E-state index contributed by atoms with van der Waals surface area (Å²) in [6, 6.07) is 10.1. The minimum atomic E-state index is -0.261. The molecule has 3 nitrogen and oxygen atoms in total. The molecule has 0 aliphatic rings. The number of rotatable bonds is 5. The molecule has 90 valence electrons. The number of nitrogens with zero attached hydrogens (tertiary/aromatic N) is 1. The maximum Gasteiger partial charge on any atom is 0.0705 e. The van der Waals surface area contributed by atoms with Crippen molar-refractivity contribution in [2.24, 2.45) is 0 Å². The van der Waals surface area contributed by atoms with Crippen LogP contribution in [0.15, 0.2) is 36.5 Å². The summed E-state index contributed by atoms with van der Waals surface area (Å²) in [4.78, 5) is 4.32. The topological polar surface area (TPSA) is 45.1 Å². The average molecular weight is 230 g/mol. The van der Waals surface area contributed by atoms with Gasteiger partial charge in [0.25, 0.3) is 0 Å². The van der Waals surface area contributed by atoms with E-state index >= 15 is 0 Å². The van der Waals surface area contributed by atoms with Gasteiger partial charge in [-0.25, -0.2) is 0 Å². The van der Waals surface area contributed by atoms with Crippen LogP contribution in [0, 0.1) is 0 Å². The van der Waals surface area contributed by atoms with Gasteiger partial charge in [0.15, 0.2) is 0 Å². The van der Waals surface area contributed by atoms with Gasteiger partial charge < -0.3 is 10.4 Å². The number of aromatic nitrogens is 1. The summed E-state index contributed by atoms with van der Waals surface area (Å²) < 4.78 is 0. The standard InChI is InChI=1S/C14H18N2O/c1-2-12(17)10-15-9-11-7-8-16-14-6-4-3-5-13(11)14/h3-8,12,15,17H,2,9-10H2,1H3. The minimum absolute atomic E-state index is 0.261. The number of hydrogen-bond acceptors (Lipinski definition) is 3. The third-order valence-electron chi connectivity index (χ3n) is 2.91. The van der Waals surface area contributed by atoms with Crippen molar-refractivity contribution in [2.75, 3.05) is 6.54 Å². The molecule has 17 heavy (non-hydrogen) atoms. The summed E-state index contributed by atoms with van der Waals surface area (Å²) in [5.41, 5.74) is 2.24. The molecule has 2 N–H and O–H groups in total. The van der Waals surface area contributed by atoms with E-state index in [1.165, 1.54) is 10.9 Å². The first-order chi connectivity index (χ1) is 8.31. The molecule has 2 rings (SSSR count). The van der Waals surface area contributed by atoms with Crippen LogP contribution in [0.2, 0.25) is 0 Å². The fourth-order valence-electron chi connectivity index (χ4n) is 1.83. The highest BCUT2D eigenvalue weighted by Gasteiger charge is 2.02. The molecule has 0 bridgehead atoms. The van der Waals surface area contributed by atoms with E-state index in [4.69, 9.17) is 0 Å². The largest absolute Gasteiger partial charge is 0.392 e. The van der Waals surface area contributed by atoms with Crippen molar-refractivity contribution in [1.82, 2.24) is 10.3 Å². The molecular weight excluding hydrogens is 212 g/mol. The van der Waals surface area contributed by atoms with E-state index < -0.39 is 0 Å². The maximum absolute atomic E-state index is 9.47. The SMILES string of the molecule is CCC(O)CNCc1ccnc2ccccc12. The van der Waals surface area contributed by atoms with E-state index in [0.717, 1.165) is 18.5 Å². The highest BCUT2D eigenvalue weighted by Crippen LogP contribution is 2.15. The Morgan fingerprint density at radius 3 is 2.94 bits per heavy atom. The van der Waals surface area contributed by atoms with Gasteiger partial charge in [-0.1, -0.05) is 25.1 Å². The molecule has 0 spiro atoms. The van der Waals surface area contributed by atoms with E-state index in [0.29, 0.717) is 6.54 Å². The number of hydrogen-bond donors (Lipinski definition) is 2. The second kappa shape index (κ2) is 5.75. The van der Waals surface area contributed by atoms with Gasteiger partial charge in [0, 0.05) is 24.7 Å². The summed E-state index contributed by atoms with van der Waals surface area (Å²) in [6.07, 6.45) is 2.35. The van der Waals surface area contributed by atoms with Crippen molar-refractivity contribution in [2.45, 2.75) is 26.0 Å². The van der Waals surface area contributed by atoms with Crippen LogP contribution in [0.5, 0.6) is 0 Å². The summed E-state index contributed by atoms with van der Waals surface area (Å²) in [5, 5.41) is 13.9. The Balaban J connectivity index is 2.08. The Hall–Kier alpha value is -1.45. The molecule has 2 aromatic rings. The molecule has 0 aliphatic carbocycles. The van der Waals surface area contributed by atoms with Crippen LogP contribution < -0.4 is 5.32 Å². The van der Waals surface area contributed by atoms with Crippen LogP contribution in [0.25, 0.3) is 10.9 Å². The lowest BCUT2D eigenvalue weighted by atomic mass is 10.1. The predicted molar refractivity (Wildman–Crippen MR) is 69.7 cm³/mol. The third kappa shape index (κ3) is 3.02. The number of benzene rings is 1. The van der Waals surface area contributed by atoms with E-state index in [-0.39, 0.29) is 6.10 Å². The third-order valence-corrected chi connectivity index (χ3v) is 2.91. The molecule has 3 heteroatoms. The minimum Gasteiger partial charge on any atom is -0.392 e. The van der Waals surface area contributed by atoms with Gasteiger partial charge in [0.1, 0.15) is 0 Å². The van der Waals surface area contributed by atoms with Crippen molar-refractivity contribution in [3.8, 4) is 0 Å². The molecule has 0 fully saturated rings. The van der Waals surface area contributed by atoms with Gasteiger partial charge in [-0.15, -0.1) is 0 Å². The second-order valence-corrected chi connectivity index (χ2v) is 4.18. The molecule has 1 heterocycles. The maximum atomic E-state index is 9.47. The van der Waals surface area contributed by atoms with Gasteiger partial charge in [0.2, 0.25) is 0 Å². The predicted octanol–water partition coefficient (Wildman–Crippen LogP) is 2.10. The quantitative estimate of drug-likeness (QED) is 0.826. The Bertz CT molecular complexity index is 479. The first kappa shape index (κ1) is 12.0. The summed E-state index contributed by atoms with van der Waals surface area (Å²) >= 11 is 0. The van der Waals surface area contributed by atoms with Crippen molar-refractivity contribution in [3.05, 3.63) is 42.1 Å². The van der Waals surface area contributed by atoms with E-state index in [9.17, 15) is 5.11 Å². The van der Waals surface area contributed by atoms with Crippen molar-refractivity contribution in [3.63, 3.8) is 0 Å². The summed E-state index contributed by atoms with van der Waals surface area (Å²) in [5.74, 6) is 0. The van der Waals surface area contributed by atoms with E-state index in [1.54, 1.807) is 0 Å². The van der Waals surface area contributed by atoms with Crippen molar-refractivity contribution < 1.29 is 5.11 Å². The number of nitrogens with one attached hydrogen (secondary N) is 1. The number of para-hydroxylation sites is 1. The zero-order chi connectivity index (χ0) is 12.1. The smallest absolute Gasteiger partial charge is 0.0705 e. The molecule has 1 aromatic heterocycles. The molecule has 1 atom stereocenters. The van der Waals surface area contributed by atoms with Crippen LogP contribution in [0.4, 0.5) is 0 Å². The molecule has 0 amide bonds. The second-order valence-electron chi connectivity index (χ2n) is 4.18. The van der Waals surface area contributed by atoms with Crippen molar-refractivity contribution >= 4 is 10.9 Å². The van der Waals surface area contributed by atoms with E-state index in [1.807, 2.05) is 37.4 Å². The monoisotopic (exact) mass is 230 g/mol. The zero-order valence-electron chi connectivity index (χ0n) is 10.1. The van der Waals surface area contributed by atoms with Crippen LogP contribution >= 0.6 is 0 Å². The number of aliphatic hydroxyl groups is 1. The normalized spacial score (nSPS) is 12.8. The van der Waals surface area contributed by atoms with Crippen molar-refractivity contribution in [1.29, 1.82) is 0 Å². The van der Waals surface area contributed by atoms with E-state index in [2.05, 4.69) is 16.4 Å². The molecule has 0 saturated heterocycles. The fraction of sp³-hybridized carbons (Fsp3) is 0.357.